The summed E-state index contributed by atoms with van der Waals surface area (Å²) in [6, 6.07) is 6.04. The van der Waals surface area contributed by atoms with E-state index in [2.05, 4.69) is 4.98 Å². The van der Waals surface area contributed by atoms with Crippen LogP contribution in [0.4, 0.5) is 4.39 Å². The van der Waals surface area contributed by atoms with E-state index in [1.165, 1.54) is 17.0 Å². The molecule has 15 heavy (non-hydrogen) atoms. The molecule has 2 aromatic rings. The standard InChI is InChI=1S/C11H11FN2O/c1-14(2)11(15)10-6-7-5-8(12)3-4-9(7)13-10/h3-6,13H,1-2H3. The second-order valence-corrected chi connectivity index (χ2v) is 3.61. The second kappa shape index (κ2) is 3.38. The number of aromatic amines is 1. The Morgan fingerprint density at radius 1 is 1.33 bits per heavy atom. The van der Waals surface area contributed by atoms with Gasteiger partial charge in [0.25, 0.3) is 5.91 Å². The number of hydrogen-bond acceptors (Lipinski definition) is 1. The minimum absolute atomic E-state index is 0.119. The molecular formula is C11H11FN2O. The van der Waals surface area contributed by atoms with Crippen molar-refractivity contribution in [1.82, 2.24) is 9.88 Å². The highest BCUT2D eigenvalue weighted by Crippen LogP contribution is 2.17. The first-order valence-corrected chi connectivity index (χ1v) is 4.58. The van der Waals surface area contributed by atoms with Crippen LogP contribution >= 0.6 is 0 Å². The molecular weight excluding hydrogens is 195 g/mol. The second-order valence-electron chi connectivity index (χ2n) is 3.61. The van der Waals surface area contributed by atoms with Crippen LogP contribution in [0.25, 0.3) is 10.9 Å². The fourth-order valence-electron chi connectivity index (χ4n) is 1.46. The summed E-state index contributed by atoms with van der Waals surface area (Å²) in [6.45, 7) is 0. The molecule has 0 bridgehead atoms. The van der Waals surface area contributed by atoms with Gasteiger partial charge in [-0.3, -0.25) is 4.79 Å². The minimum atomic E-state index is -0.301. The molecule has 3 nitrogen and oxygen atoms in total. The molecule has 0 aliphatic heterocycles. The van der Waals surface area contributed by atoms with Gasteiger partial charge in [-0.1, -0.05) is 0 Å². The van der Waals surface area contributed by atoms with Crippen LogP contribution in [0.5, 0.6) is 0 Å². The molecule has 0 radical (unpaired) electrons. The fourth-order valence-corrected chi connectivity index (χ4v) is 1.46. The zero-order valence-corrected chi connectivity index (χ0v) is 8.54. The van der Waals surface area contributed by atoms with Crippen molar-refractivity contribution in [1.29, 1.82) is 0 Å². The zero-order chi connectivity index (χ0) is 11.0. The maximum atomic E-state index is 12.9. The summed E-state index contributed by atoms with van der Waals surface area (Å²) in [7, 11) is 3.35. The van der Waals surface area contributed by atoms with Crippen LogP contribution in [-0.4, -0.2) is 29.9 Å². The summed E-state index contributed by atoms with van der Waals surface area (Å²) in [5.74, 6) is -0.419. The first kappa shape index (κ1) is 9.71. The summed E-state index contributed by atoms with van der Waals surface area (Å²) < 4.78 is 12.9. The molecule has 1 N–H and O–H groups in total. The number of aromatic nitrogens is 1. The molecule has 0 aliphatic carbocycles. The van der Waals surface area contributed by atoms with Crippen molar-refractivity contribution < 1.29 is 9.18 Å². The molecule has 0 fully saturated rings. The Labute approximate surface area is 86.5 Å². The van der Waals surface area contributed by atoms with Crippen LogP contribution in [0, 0.1) is 5.82 Å². The predicted molar refractivity (Wildman–Crippen MR) is 56.3 cm³/mol. The highest BCUT2D eigenvalue weighted by molar-refractivity contribution is 5.97. The largest absolute Gasteiger partial charge is 0.351 e. The minimum Gasteiger partial charge on any atom is -0.351 e. The number of H-pyrrole nitrogens is 1. The monoisotopic (exact) mass is 206 g/mol. The summed E-state index contributed by atoms with van der Waals surface area (Å²) in [5, 5.41) is 0.709. The Hall–Kier alpha value is -1.84. The molecule has 1 aromatic heterocycles. The SMILES string of the molecule is CN(C)C(=O)c1cc2cc(F)ccc2[nH]1. The van der Waals surface area contributed by atoms with Gasteiger partial charge in [0.2, 0.25) is 0 Å². The number of carbonyl (C=O) groups is 1. The number of amides is 1. The Balaban J connectivity index is 2.52. The molecule has 0 aliphatic rings. The van der Waals surface area contributed by atoms with Crippen molar-refractivity contribution in [3.05, 3.63) is 35.8 Å². The lowest BCUT2D eigenvalue weighted by atomic mass is 10.2. The van der Waals surface area contributed by atoms with Crippen LogP contribution < -0.4 is 0 Å². The number of benzene rings is 1. The van der Waals surface area contributed by atoms with Crippen molar-refractivity contribution in [3.63, 3.8) is 0 Å². The molecule has 4 heteroatoms. The Morgan fingerprint density at radius 3 is 2.73 bits per heavy atom. The number of nitrogens with zero attached hydrogens (tertiary/aromatic N) is 1. The van der Waals surface area contributed by atoms with E-state index < -0.39 is 0 Å². The van der Waals surface area contributed by atoms with Gasteiger partial charge in [-0.25, -0.2) is 4.39 Å². The number of nitrogens with one attached hydrogen (secondary N) is 1. The molecule has 0 unspecified atom stereocenters. The van der Waals surface area contributed by atoms with E-state index in [0.717, 1.165) is 5.52 Å². The van der Waals surface area contributed by atoms with Crippen molar-refractivity contribution in [3.8, 4) is 0 Å². The average Bonchev–Trinajstić information content (AvgIpc) is 2.58. The Bertz CT molecular complexity index is 516. The number of carbonyl (C=O) groups excluding carboxylic acids is 1. The van der Waals surface area contributed by atoms with Gasteiger partial charge >= 0.3 is 0 Å². The van der Waals surface area contributed by atoms with Crippen molar-refractivity contribution in [2.24, 2.45) is 0 Å². The first-order chi connectivity index (χ1) is 7.08. The lowest BCUT2D eigenvalue weighted by Crippen LogP contribution is -2.21. The maximum Gasteiger partial charge on any atom is 0.269 e. The van der Waals surface area contributed by atoms with Gasteiger partial charge in [0, 0.05) is 25.0 Å². The Kier molecular flexibility index (Phi) is 2.19. The lowest BCUT2D eigenvalue weighted by Gasteiger charge is -2.07. The van der Waals surface area contributed by atoms with E-state index >= 15 is 0 Å². The van der Waals surface area contributed by atoms with Gasteiger partial charge in [-0.2, -0.15) is 0 Å². The van der Waals surface area contributed by atoms with E-state index in [1.54, 1.807) is 26.2 Å². The average molecular weight is 206 g/mol. The maximum absolute atomic E-state index is 12.9. The normalized spacial score (nSPS) is 10.6. The number of fused-ring (bicyclic) bond motifs is 1. The van der Waals surface area contributed by atoms with Gasteiger partial charge < -0.3 is 9.88 Å². The quantitative estimate of drug-likeness (QED) is 0.761. The van der Waals surface area contributed by atoms with Crippen LogP contribution in [0.1, 0.15) is 10.5 Å². The molecule has 2 rings (SSSR count). The molecule has 0 atom stereocenters. The van der Waals surface area contributed by atoms with Crippen LogP contribution in [-0.2, 0) is 0 Å². The number of rotatable bonds is 1. The van der Waals surface area contributed by atoms with Gasteiger partial charge in [-0.05, 0) is 24.3 Å². The topological polar surface area (TPSA) is 36.1 Å². The third-order valence-corrected chi connectivity index (χ3v) is 2.22. The summed E-state index contributed by atoms with van der Waals surface area (Å²) in [4.78, 5) is 16.0. The van der Waals surface area contributed by atoms with E-state index in [-0.39, 0.29) is 11.7 Å². The van der Waals surface area contributed by atoms with E-state index in [0.29, 0.717) is 11.1 Å². The molecule has 0 spiro atoms. The van der Waals surface area contributed by atoms with Crippen LogP contribution in [0.3, 0.4) is 0 Å². The third kappa shape index (κ3) is 1.70. The Morgan fingerprint density at radius 2 is 2.07 bits per heavy atom. The lowest BCUT2D eigenvalue weighted by molar-refractivity contribution is 0.0823. The summed E-state index contributed by atoms with van der Waals surface area (Å²) >= 11 is 0. The van der Waals surface area contributed by atoms with Crippen molar-refractivity contribution >= 4 is 16.8 Å². The molecule has 1 aromatic carbocycles. The van der Waals surface area contributed by atoms with Crippen molar-refractivity contribution in [2.75, 3.05) is 14.1 Å². The molecule has 0 saturated carbocycles. The summed E-state index contributed by atoms with van der Waals surface area (Å²) in [6.07, 6.45) is 0. The van der Waals surface area contributed by atoms with Gasteiger partial charge in [0.05, 0.1) is 0 Å². The molecule has 78 valence electrons. The number of halogens is 1. The fraction of sp³-hybridized carbons (Fsp3) is 0.182. The van der Waals surface area contributed by atoms with Gasteiger partial charge in [0.1, 0.15) is 11.5 Å². The molecule has 1 amide bonds. The van der Waals surface area contributed by atoms with E-state index in [1.807, 2.05) is 0 Å². The summed E-state index contributed by atoms with van der Waals surface area (Å²) in [5.41, 5.74) is 1.24. The van der Waals surface area contributed by atoms with Gasteiger partial charge in [-0.15, -0.1) is 0 Å². The van der Waals surface area contributed by atoms with Gasteiger partial charge in [0.15, 0.2) is 0 Å². The predicted octanol–water partition coefficient (Wildman–Crippen LogP) is 2.01. The number of hydrogen-bond donors (Lipinski definition) is 1. The highest BCUT2D eigenvalue weighted by Gasteiger charge is 2.11. The zero-order valence-electron chi connectivity index (χ0n) is 8.54. The van der Waals surface area contributed by atoms with E-state index in [4.69, 9.17) is 0 Å². The smallest absolute Gasteiger partial charge is 0.269 e. The van der Waals surface area contributed by atoms with Crippen LogP contribution in [0.2, 0.25) is 0 Å². The molecule has 1 heterocycles. The highest BCUT2D eigenvalue weighted by atomic mass is 19.1. The third-order valence-electron chi connectivity index (χ3n) is 2.22. The van der Waals surface area contributed by atoms with Crippen LogP contribution in [0.15, 0.2) is 24.3 Å². The van der Waals surface area contributed by atoms with Crippen molar-refractivity contribution in [2.45, 2.75) is 0 Å². The van der Waals surface area contributed by atoms with E-state index in [9.17, 15) is 9.18 Å². The molecule has 0 saturated heterocycles. The first-order valence-electron chi connectivity index (χ1n) is 4.58.